The van der Waals surface area contributed by atoms with Crippen molar-refractivity contribution in [3.63, 3.8) is 0 Å². The lowest BCUT2D eigenvalue weighted by molar-refractivity contribution is 0.335. The smallest absolute Gasteiger partial charge is 0.0986 e. The van der Waals surface area contributed by atoms with Crippen molar-refractivity contribution in [2.75, 3.05) is 11.6 Å². The normalized spacial score (nSPS) is 19.8. The number of anilines is 1. The van der Waals surface area contributed by atoms with Gasteiger partial charge >= 0.3 is 0 Å². The molecule has 0 radical (unpaired) electrons. The lowest BCUT2D eigenvalue weighted by Crippen LogP contribution is -2.32. The molecule has 1 aliphatic heterocycles. The van der Waals surface area contributed by atoms with Gasteiger partial charge in [-0.15, -0.1) is 0 Å². The predicted octanol–water partition coefficient (Wildman–Crippen LogP) is 7.63. The Kier molecular flexibility index (Phi) is 6.61. The van der Waals surface area contributed by atoms with Crippen molar-refractivity contribution >= 4 is 5.69 Å². The van der Waals surface area contributed by atoms with E-state index in [0.717, 1.165) is 13.1 Å². The average Bonchev–Trinajstić information content (AvgIpc) is 3.15. The fraction of sp³-hybridized carbons (Fsp3) is 0.556. The van der Waals surface area contributed by atoms with Crippen LogP contribution in [0.15, 0.2) is 54.0 Å². The number of hydrogen-bond acceptors (Lipinski definition) is 2. The van der Waals surface area contributed by atoms with E-state index in [0.29, 0.717) is 29.6 Å². The lowest BCUT2D eigenvalue weighted by Gasteiger charge is -2.36. The Hall–Kier alpha value is -1.96. The van der Waals surface area contributed by atoms with Crippen LogP contribution in [0.3, 0.4) is 0 Å². The van der Waals surface area contributed by atoms with Crippen molar-refractivity contribution in [1.29, 1.82) is 0 Å². The van der Waals surface area contributed by atoms with Gasteiger partial charge in [0.1, 0.15) is 0 Å². The van der Waals surface area contributed by atoms with Gasteiger partial charge in [-0.2, -0.15) is 0 Å². The number of benzene rings is 1. The first kappa shape index (κ1) is 21.7. The van der Waals surface area contributed by atoms with E-state index in [9.17, 15) is 0 Å². The molecule has 1 atom stereocenters. The van der Waals surface area contributed by atoms with Gasteiger partial charge in [-0.1, -0.05) is 85.7 Å². The van der Waals surface area contributed by atoms with Gasteiger partial charge in [-0.05, 0) is 46.8 Å². The highest BCUT2D eigenvalue weighted by Crippen LogP contribution is 2.41. The molecule has 158 valence electrons. The maximum Gasteiger partial charge on any atom is 0.0986 e. The molecule has 0 saturated carbocycles. The second kappa shape index (κ2) is 8.81. The van der Waals surface area contributed by atoms with E-state index in [1.165, 1.54) is 28.1 Å². The molecule has 2 heteroatoms. The lowest BCUT2D eigenvalue weighted by atomic mass is 9.80. The Balaban J connectivity index is 2.01. The first-order valence-electron chi connectivity index (χ1n) is 11.5. The molecule has 1 aliphatic carbocycles. The van der Waals surface area contributed by atoms with Crippen molar-refractivity contribution in [1.82, 2.24) is 4.90 Å². The minimum absolute atomic E-state index is 0.512. The molecule has 3 rings (SSSR count). The number of nitrogens with zero attached hydrogens (tertiary/aromatic N) is 2. The zero-order valence-electron chi connectivity index (χ0n) is 19.7. The summed E-state index contributed by atoms with van der Waals surface area (Å²) in [6.45, 7) is 19.5. The molecule has 0 N–H and O–H groups in total. The van der Waals surface area contributed by atoms with E-state index >= 15 is 0 Å². The highest BCUT2D eigenvalue weighted by molar-refractivity contribution is 5.64. The highest BCUT2D eigenvalue weighted by atomic mass is 15.3. The van der Waals surface area contributed by atoms with Gasteiger partial charge in [0.05, 0.1) is 6.67 Å². The minimum atomic E-state index is 0.512. The Morgan fingerprint density at radius 1 is 0.793 bits per heavy atom. The highest BCUT2D eigenvalue weighted by Gasteiger charge is 2.31. The Labute approximate surface area is 179 Å². The van der Waals surface area contributed by atoms with E-state index in [2.05, 4.69) is 108 Å². The molecule has 0 unspecified atom stereocenters. The zero-order chi connectivity index (χ0) is 21.3. The van der Waals surface area contributed by atoms with Crippen molar-refractivity contribution in [3.8, 4) is 0 Å². The van der Waals surface area contributed by atoms with E-state index in [-0.39, 0.29) is 0 Å². The van der Waals surface area contributed by atoms with E-state index in [1.54, 1.807) is 0 Å². The molecule has 0 bridgehead atoms. The fourth-order valence-electron chi connectivity index (χ4n) is 4.77. The number of para-hydroxylation sites is 1. The molecule has 0 aromatic heterocycles. The van der Waals surface area contributed by atoms with Gasteiger partial charge in [-0.25, -0.2) is 0 Å². The molecule has 0 fully saturated rings. The number of allylic oxidation sites excluding steroid dienone is 4. The maximum absolute atomic E-state index is 2.52. The topological polar surface area (TPSA) is 6.48 Å². The second-order valence-electron chi connectivity index (χ2n) is 9.96. The molecule has 29 heavy (non-hydrogen) atoms. The van der Waals surface area contributed by atoms with E-state index < -0.39 is 0 Å². The van der Waals surface area contributed by atoms with Crippen LogP contribution in [0.2, 0.25) is 0 Å². The standard InChI is InChI=1S/C27H40N2/c1-18(2)22-11-9-12-23(19(3)4)26(22)28-15-16-29(17-28)27-24(20(5)6)13-10-14-25(27)21(7)8/h9-13,15-16,18-21,25H,14,17H2,1-8H3/t25-/m1/s1. The van der Waals surface area contributed by atoms with Crippen molar-refractivity contribution < 1.29 is 0 Å². The van der Waals surface area contributed by atoms with Crippen molar-refractivity contribution in [3.05, 3.63) is 65.1 Å². The summed E-state index contributed by atoms with van der Waals surface area (Å²) in [4.78, 5) is 5.00. The third kappa shape index (κ3) is 4.32. The molecule has 1 aromatic carbocycles. The summed E-state index contributed by atoms with van der Waals surface area (Å²) in [6, 6.07) is 6.84. The quantitative estimate of drug-likeness (QED) is 0.491. The molecule has 0 amide bonds. The molecule has 0 saturated heterocycles. The van der Waals surface area contributed by atoms with Crippen LogP contribution in [-0.2, 0) is 0 Å². The van der Waals surface area contributed by atoms with Crippen LogP contribution in [0.25, 0.3) is 0 Å². The third-order valence-corrected chi connectivity index (χ3v) is 6.43. The molecular weight excluding hydrogens is 352 g/mol. The number of hydrogen-bond donors (Lipinski definition) is 0. The van der Waals surface area contributed by atoms with Crippen LogP contribution in [0.1, 0.15) is 84.8 Å². The van der Waals surface area contributed by atoms with Crippen molar-refractivity contribution in [2.24, 2.45) is 17.8 Å². The second-order valence-corrected chi connectivity index (χ2v) is 9.96. The average molecular weight is 393 g/mol. The van der Waals surface area contributed by atoms with Gasteiger partial charge < -0.3 is 9.80 Å². The van der Waals surface area contributed by atoms with Crippen LogP contribution in [0.4, 0.5) is 5.69 Å². The molecular formula is C27H40N2. The maximum atomic E-state index is 2.52. The SMILES string of the molecule is CC(C)C1=C(N2C=CN(c3c(C(C)C)cccc3C(C)C)C2)[C@@H](C(C)C)CC=C1. The van der Waals surface area contributed by atoms with Crippen LogP contribution < -0.4 is 4.90 Å². The van der Waals surface area contributed by atoms with Gasteiger partial charge in [0.2, 0.25) is 0 Å². The summed E-state index contributed by atoms with van der Waals surface area (Å²) in [7, 11) is 0. The Bertz CT molecular complexity index is 782. The van der Waals surface area contributed by atoms with E-state index in [1.807, 2.05) is 0 Å². The minimum Gasteiger partial charge on any atom is -0.331 e. The molecule has 2 nitrogen and oxygen atoms in total. The van der Waals surface area contributed by atoms with Gasteiger partial charge in [0, 0.05) is 29.7 Å². The summed E-state index contributed by atoms with van der Waals surface area (Å²) in [5.74, 6) is 2.79. The summed E-state index contributed by atoms with van der Waals surface area (Å²) >= 11 is 0. The van der Waals surface area contributed by atoms with Gasteiger partial charge in [0.15, 0.2) is 0 Å². The Morgan fingerprint density at radius 3 is 1.90 bits per heavy atom. The number of rotatable bonds is 6. The zero-order valence-corrected chi connectivity index (χ0v) is 19.7. The summed E-state index contributed by atoms with van der Waals surface area (Å²) in [5, 5.41) is 0. The first-order valence-corrected chi connectivity index (χ1v) is 11.5. The summed E-state index contributed by atoms with van der Waals surface area (Å²) in [6.07, 6.45) is 10.5. The van der Waals surface area contributed by atoms with Crippen LogP contribution >= 0.6 is 0 Å². The molecule has 1 heterocycles. The van der Waals surface area contributed by atoms with Crippen molar-refractivity contribution in [2.45, 2.75) is 73.6 Å². The summed E-state index contributed by atoms with van der Waals surface area (Å²) in [5.41, 5.74) is 7.34. The molecule has 1 aromatic rings. The first-order chi connectivity index (χ1) is 13.7. The van der Waals surface area contributed by atoms with Gasteiger partial charge in [-0.3, -0.25) is 0 Å². The van der Waals surface area contributed by atoms with E-state index in [4.69, 9.17) is 0 Å². The fourth-order valence-corrected chi connectivity index (χ4v) is 4.77. The Morgan fingerprint density at radius 2 is 1.38 bits per heavy atom. The molecule has 0 spiro atoms. The van der Waals surface area contributed by atoms with Gasteiger partial charge in [0.25, 0.3) is 0 Å². The largest absolute Gasteiger partial charge is 0.331 e. The van der Waals surface area contributed by atoms with Crippen LogP contribution in [0, 0.1) is 17.8 Å². The van der Waals surface area contributed by atoms with Crippen LogP contribution in [-0.4, -0.2) is 11.6 Å². The third-order valence-electron chi connectivity index (χ3n) is 6.43. The predicted molar refractivity (Wildman–Crippen MR) is 127 cm³/mol. The summed E-state index contributed by atoms with van der Waals surface area (Å²) < 4.78 is 0. The monoisotopic (exact) mass is 392 g/mol. The van der Waals surface area contributed by atoms with Crippen LogP contribution in [0.5, 0.6) is 0 Å². The molecule has 2 aliphatic rings.